The van der Waals surface area contributed by atoms with Crippen molar-refractivity contribution in [2.24, 2.45) is 5.41 Å². The summed E-state index contributed by atoms with van der Waals surface area (Å²) in [6.07, 6.45) is 2.62. The van der Waals surface area contributed by atoms with Crippen molar-refractivity contribution >= 4 is 17.7 Å². The summed E-state index contributed by atoms with van der Waals surface area (Å²) < 4.78 is 1.94. The summed E-state index contributed by atoms with van der Waals surface area (Å²) in [4.78, 5) is 29.9. The zero-order chi connectivity index (χ0) is 24.9. The van der Waals surface area contributed by atoms with Crippen molar-refractivity contribution in [3.05, 3.63) is 99.0 Å². The summed E-state index contributed by atoms with van der Waals surface area (Å²) in [7, 11) is 0. The third-order valence-electron chi connectivity index (χ3n) is 7.37. The fourth-order valence-corrected chi connectivity index (χ4v) is 6.78. The number of nitrogens with zero attached hydrogens (tertiary/aromatic N) is 3. The number of benzene rings is 2. The highest BCUT2D eigenvalue weighted by Gasteiger charge is 2.42. The van der Waals surface area contributed by atoms with Crippen LogP contribution in [0.15, 0.2) is 70.5 Å². The van der Waals surface area contributed by atoms with Crippen LogP contribution in [0.1, 0.15) is 72.9 Å². The fraction of sp³-hybridized carbons (Fsp3) is 0.379. The van der Waals surface area contributed by atoms with Gasteiger partial charge in [0.05, 0.1) is 6.04 Å². The van der Waals surface area contributed by atoms with Gasteiger partial charge < -0.3 is 4.90 Å². The Hall–Kier alpha value is -2.99. The number of rotatable bonds is 3. The minimum atomic E-state index is -0.104. The van der Waals surface area contributed by atoms with Gasteiger partial charge in [-0.3, -0.25) is 19.3 Å². The van der Waals surface area contributed by atoms with E-state index in [-0.39, 0.29) is 28.8 Å². The Balaban J connectivity index is 1.77. The van der Waals surface area contributed by atoms with Crippen LogP contribution >= 0.6 is 11.8 Å². The maximum atomic E-state index is 14.0. The minimum absolute atomic E-state index is 0.0339. The second-order valence-electron chi connectivity index (χ2n) is 10.6. The Labute approximate surface area is 211 Å². The molecule has 0 bridgehead atoms. The molecule has 2 aliphatic heterocycles. The molecule has 0 N–H and O–H groups in total. The smallest absolute Gasteiger partial charge is 0.274 e. The highest BCUT2D eigenvalue weighted by molar-refractivity contribution is 7.98. The molecule has 1 aromatic heterocycles. The zero-order valence-corrected chi connectivity index (χ0v) is 21.9. The molecule has 3 aromatic rings. The van der Waals surface area contributed by atoms with E-state index in [1.807, 2.05) is 21.3 Å². The molecule has 5 rings (SSSR count). The van der Waals surface area contributed by atoms with Gasteiger partial charge in [0.1, 0.15) is 12.4 Å². The molecule has 3 heterocycles. The van der Waals surface area contributed by atoms with Crippen LogP contribution in [0.25, 0.3) is 0 Å². The number of thioether (sulfide) groups is 1. The molecule has 0 saturated heterocycles. The molecule has 1 unspecified atom stereocenters. The first-order chi connectivity index (χ1) is 16.7. The summed E-state index contributed by atoms with van der Waals surface area (Å²) in [6, 6.07) is 18.7. The minimum Gasteiger partial charge on any atom is -0.315 e. The van der Waals surface area contributed by atoms with E-state index in [1.54, 1.807) is 19.2 Å². The molecular formula is C29H33N3O2S. The number of pyridine rings is 1. The molecule has 0 aliphatic carbocycles. The quantitative estimate of drug-likeness (QED) is 0.473. The Morgan fingerprint density at radius 1 is 1.00 bits per heavy atom. The number of carbonyl (C=O) groups excluding carboxylic acids is 1. The van der Waals surface area contributed by atoms with E-state index in [0.717, 1.165) is 12.2 Å². The molecule has 0 fully saturated rings. The molecule has 1 amide bonds. The average molecular weight is 488 g/mol. The van der Waals surface area contributed by atoms with Gasteiger partial charge in [0.2, 0.25) is 0 Å². The maximum Gasteiger partial charge on any atom is 0.274 e. The van der Waals surface area contributed by atoms with E-state index >= 15 is 0 Å². The van der Waals surface area contributed by atoms with E-state index in [4.69, 9.17) is 0 Å². The first-order valence-electron chi connectivity index (χ1n) is 12.3. The van der Waals surface area contributed by atoms with Crippen LogP contribution in [-0.4, -0.2) is 28.2 Å². The van der Waals surface area contributed by atoms with Gasteiger partial charge in [-0.2, -0.15) is 0 Å². The average Bonchev–Trinajstić information content (AvgIpc) is 2.99. The molecule has 0 radical (unpaired) electrons. The number of hydrogen-bond acceptors (Lipinski definition) is 4. The van der Waals surface area contributed by atoms with Gasteiger partial charge >= 0.3 is 0 Å². The van der Waals surface area contributed by atoms with Gasteiger partial charge in [0, 0.05) is 34.5 Å². The monoisotopic (exact) mass is 487 g/mol. The molecule has 0 spiro atoms. The van der Waals surface area contributed by atoms with E-state index in [2.05, 4.69) is 81.2 Å². The summed E-state index contributed by atoms with van der Waals surface area (Å²) >= 11 is 1.86. The lowest BCUT2D eigenvalue weighted by molar-refractivity contribution is 0.0407. The third kappa shape index (κ3) is 3.98. The van der Waals surface area contributed by atoms with Crippen molar-refractivity contribution in [3.8, 4) is 0 Å². The van der Waals surface area contributed by atoms with Crippen LogP contribution in [-0.2, 0) is 5.75 Å². The summed E-state index contributed by atoms with van der Waals surface area (Å²) in [5, 5.41) is 2.28. The lowest BCUT2D eigenvalue weighted by atomic mass is 9.83. The molecule has 5 nitrogen and oxygen atoms in total. The predicted octanol–water partition coefficient (Wildman–Crippen LogP) is 5.73. The molecule has 182 valence electrons. The van der Waals surface area contributed by atoms with Crippen molar-refractivity contribution < 1.29 is 4.79 Å². The Morgan fingerprint density at radius 3 is 2.40 bits per heavy atom. The van der Waals surface area contributed by atoms with Crippen LogP contribution < -0.4 is 10.4 Å². The maximum absolute atomic E-state index is 14.0. The second kappa shape index (κ2) is 8.90. The fourth-order valence-electron chi connectivity index (χ4n) is 5.68. The van der Waals surface area contributed by atoms with Crippen molar-refractivity contribution in [2.75, 3.05) is 11.7 Å². The van der Waals surface area contributed by atoms with Crippen molar-refractivity contribution in [1.82, 2.24) is 9.58 Å². The topological polar surface area (TPSA) is 45.5 Å². The van der Waals surface area contributed by atoms with Gasteiger partial charge in [-0.05, 0) is 41.5 Å². The van der Waals surface area contributed by atoms with Gasteiger partial charge in [0.25, 0.3) is 5.91 Å². The number of aromatic nitrogens is 1. The van der Waals surface area contributed by atoms with Crippen LogP contribution in [0, 0.1) is 12.3 Å². The lowest BCUT2D eigenvalue weighted by Gasteiger charge is -2.49. The SMILES string of the molecule is CC[C@H](N1CN(C2c3ccccc3CSc3ccccc32)n2ccc(=O)c(C)c2C1=O)C(C)(C)C. The van der Waals surface area contributed by atoms with Crippen LogP contribution in [0.4, 0.5) is 0 Å². The molecule has 6 heteroatoms. The molecule has 2 atom stereocenters. The largest absolute Gasteiger partial charge is 0.315 e. The Bertz CT molecular complexity index is 1290. The summed E-state index contributed by atoms with van der Waals surface area (Å²) in [5.41, 5.74) is 4.53. The van der Waals surface area contributed by atoms with Gasteiger partial charge in [-0.25, -0.2) is 0 Å². The van der Waals surface area contributed by atoms with E-state index in [1.165, 1.54) is 21.6 Å². The highest BCUT2D eigenvalue weighted by atomic mass is 32.2. The molecule has 0 saturated carbocycles. The Morgan fingerprint density at radius 2 is 1.69 bits per heavy atom. The first kappa shape index (κ1) is 23.7. The number of amides is 1. The molecular weight excluding hydrogens is 454 g/mol. The van der Waals surface area contributed by atoms with Crippen molar-refractivity contribution in [1.29, 1.82) is 0 Å². The number of fused-ring (bicyclic) bond motifs is 3. The van der Waals surface area contributed by atoms with Gasteiger partial charge in [0.15, 0.2) is 5.43 Å². The Kier molecular flexibility index (Phi) is 6.04. The normalized spacial score (nSPS) is 18.4. The molecule has 2 aliphatic rings. The molecule has 35 heavy (non-hydrogen) atoms. The van der Waals surface area contributed by atoms with Crippen LogP contribution in [0.3, 0.4) is 0 Å². The predicted molar refractivity (Wildman–Crippen MR) is 143 cm³/mol. The second-order valence-corrected chi connectivity index (χ2v) is 11.6. The van der Waals surface area contributed by atoms with Gasteiger partial charge in [-0.15, -0.1) is 11.8 Å². The summed E-state index contributed by atoms with van der Waals surface area (Å²) in [5.74, 6) is 0.832. The first-order valence-corrected chi connectivity index (χ1v) is 13.3. The summed E-state index contributed by atoms with van der Waals surface area (Å²) in [6.45, 7) is 10.9. The van der Waals surface area contributed by atoms with E-state index in [9.17, 15) is 9.59 Å². The van der Waals surface area contributed by atoms with Crippen LogP contribution in [0.5, 0.6) is 0 Å². The lowest BCUT2D eigenvalue weighted by Crippen LogP contribution is -2.60. The standard InChI is InChI=1S/C29H33N3O2S/c1-6-25(29(3,4)5)30-18-32(31-16-15-23(33)19(2)26(31)28(30)34)27-21-12-8-7-11-20(21)17-35-24-14-10-9-13-22(24)27/h7-16,25,27H,6,17-18H2,1-5H3/t25-,27?/m0/s1. The van der Waals surface area contributed by atoms with Crippen molar-refractivity contribution in [2.45, 2.75) is 63.8 Å². The van der Waals surface area contributed by atoms with Crippen LogP contribution in [0.2, 0.25) is 0 Å². The van der Waals surface area contributed by atoms with Crippen molar-refractivity contribution in [3.63, 3.8) is 0 Å². The number of hydrogen-bond donors (Lipinski definition) is 0. The van der Waals surface area contributed by atoms with E-state index in [0.29, 0.717) is 17.9 Å². The van der Waals surface area contributed by atoms with E-state index < -0.39 is 0 Å². The number of carbonyl (C=O) groups is 1. The van der Waals surface area contributed by atoms with Gasteiger partial charge in [-0.1, -0.05) is 70.2 Å². The molecule has 2 aromatic carbocycles. The third-order valence-corrected chi connectivity index (χ3v) is 8.50. The highest BCUT2D eigenvalue weighted by Crippen LogP contribution is 2.43. The zero-order valence-electron chi connectivity index (χ0n) is 21.1.